The lowest BCUT2D eigenvalue weighted by atomic mass is 10.6. The van der Waals surface area contributed by atoms with Crippen molar-refractivity contribution in [1.29, 1.82) is 0 Å². The Morgan fingerprint density at radius 2 is 1.30 bits per heavy atom. The third-order valence-electron chi connectivity index (χ3n) is 1.03. The van der Waals surface area contributed by atoms with Gasteiger partial charge in [-0.05, 0) is 12.8 Å². The van der Waals surface area contributed by atoms with Crippen LogP contribution in [-0.2, 0) is 9.84 Å². The van der Waals surface area contributed by atoms with Crippen LogP contribution in [0.2, 0.25) is 0 Å². The van der Waals surface area contributed by atoms with Crippen molar-refractivity contribution in [1.82, 2.24) is 6.15 Å². The second kappa shape index (κ2) is 5.68. The zero-order valence-corrected chi connectivity index (χ0v) is 7.58. The summed E-state index contributed by atoms with van der Waals surface area (Å²) in [7, 11) is -2.68. The molecule has 0 bridgehead atoms. The van der Waals surface area contributed by atoms with E-state index in [4.69, 9.17) is 0 Å². The molecular formula is C6H17NO2S. The van der Waals surface area contributed by atoms with Gasteiger partial charge in [-0.3, -0.25) is 0 Å². The average Bonchev–Trinajstić information content (AvgIpc) is 1.64. The molecule has 0 aromatic rings. The molecule has 64 valence electrons. The summed E-state index contributed by atoms with van der Waals surface area (Å²) >= 11 is 0. The highest BCUT2D eigenvalue weighted by molar-refractivity contribution is 7.91. The van der Waals surface area contributed by atoms with Crippen LogP contribution >= 0.6 is 0 Å². The molecule has 0 radical (unpaired) electrons. The van der Waals surface area contributed by atoms with Crippen LogP contribution in [0.25, 0.3) is 0 Å². The Labute approximate surface area is 63.3 Å². The largest absolute Gasteiger partial charge is 0.344 e. The highest BCUT2D eigenvalue weighted by atomic mass is 32.2. The van der Waals surface area contributed by atoms with E-state index < -0.39 is 9.84 Å². The van der Waals surface area contributed by atoms with Crippen molar-refractivity contribution in [3.05, 3.63) is 0 Å². The quantitative estimate of drug-likeness (QED) is 0.687. The second-order valence-corrected chi connectivity index (χ2v) is 4.46. The highest BCUT2D eigenvalue weighted by Crippen LogP contribution is 1.94. The van der Waals surface area contributed by atoms with Gasteiger partial charge in [0, 0.05) is 11.5 Å². The van der Waals surface area contributed by atoms with Crippen molar-refractivity contribution in [2.24, 2.45) is 0 Å². The fraction of sp³-hybridized carbons (Fsp3) is 1.00. The van der Waals surface area contributed by atoms with Gasteiger partial charge in [-0.15, -0.1) is 0 Å². The van der Waals surface area contributed by atoms with Gasteiger partial charge in [0.05, 0.1) is 0 Å². The van der Waals surface area contributed by atoms with Gasteiger partial charge in [-0.25, -0.2) is 8.42 Å². The first-order chi connectivity index (χ1) is 4.12. The fourth-order valence-electron chi connectivity index (χ4n) is 0.724. The Hall–Kier alpha value is -0.0900. The zero-order valence-electron chi connectivity index (χ0n) is 6.76. The minimum Gasteiger partial charge on any atom is -0.344 e. The van der Waals surface area contributed by atoms with Crippen molar-refractivity contribution in [2.75, 3.05) is 11.5 Å². The van der Waals surface area contributed by atoms with E-state index in [-0.39, 0.29) is 6.15 Å². The van der Waals surface area contributed by atoms with E-state index in [2.05, 4.69) is 0 Å². The third-order valence-corrected chi connectivity index (χ3v) is 3.09. The normalized spacial score (nSPS) is 10.6. The lowest BCUT2D eigenvalue weighted by Gasteiger charge is -1.96. The molecule has 0 aliphatic carbocycles. The van der Waals surface area contributed by atoms with Gasteiger partial charge in [-0.2, -0.15) is 0 Å². The zero-order chi connectivity index (χ0) is 7.33. The molecule has 0 aliphatic heterocycles. The molecule has 0 atom stereocenters. The Morgan fingerprint density at radius 3 is 1.50 bits per heavy atom. The van der Waals surface area contributed by atoms with Crippen LogP contribution in [0.1, 0.15) is 26.7 Å². The molecule has 0 aromatic heterocycles. The predicted molar refractivity (Wildman–Crippen MR) is 44.3 cm³/mol. The van der Waals surface area contributed by atoms with Crippen LogP contribution in [-0.4, -0.2) is 19.9 Å². The van der Waals surface area contributed by atoms with Gasteiger partial charge in [0.2, 0.25) is 0 Å². The average molecular weight is 167 g/mol. The van der Waals surface area contributed by atoms with Gasteiger partial charge >= 0.3 is 0 Å². The molecule has 0 saturated heterocycles. The summed E-state index contributed by atoms with van der Waals surface area (Å²) in [5.74, 6) is 0.696. The number of hydrogen-bond donors (Lipinski definition) is 1. The molecule has 0 fully saturated rings. The highest BCUT2D eigenvalue weighted by Gasteiger charge is 2.05. The molecule has 4 heteroatoms. The third kappa shape index (κ3) is 6.04. The Balaban J connectivity index is 0. The molecule has 0 aromatic carbocycles. The van der Waals surface area contributed by atoms with E-state index in [1.807, 2.05) is 13.8 Å². The second-order valence-electron chi connectivity index (χ2n) is 2.15. The molecular weight excluding hydrogens is 150 g/mol. The first-order valence-electron chi connectivity index (χ1n) is 3.32. The van der Waals surface area contributed by atoms with Crippen LogP contribution in [0.3, 0.4) is 0 Å². The van der Waals surface area contributed by atoms with Gasteiger partial charge in [0.25, 0.3) is 0 Å². The van der Waals surface area contributed by atoms with Gasteiger partial charge in [0.15, 0.2) is 0 Å². The topological polar surface area (TPSA) is 69.1 Å². The number of hydrogen-bond acceptors (Lipinski definition) is 3. The minimum absolute atomic E-state index is 0. The van der Waals surface area contributed by atoms with Gasteiger partial charge in [-0.1, -0.05) is 13.8 Å². The van der Waals surface area contributed by atoms with Crippen molar-refractivity contribution >= 4 is 9.84 Å². The summed E-state index contributed by atoms with van der Waals surface area (Å²) in [6, 6.07) is 0. The van der Waals surface area contributed by atoms with Crippen LogP contribution in [0.15, 0.2) is 0 Å². The molecule has 0 rings (SSSR count). The minimum atomic E-state index is -2.68. The molecule has 0 unspecified atom stereocenters. The number of rotatable bonds is 4. The van der Waals surface area contributed by atoms with E-state index in [1.165, 1.54) is 0 Å². The SMILES string of the molecule is CCCS(=O)(=O)CCC.N. The van der Waals surface area contributed by atoms with Crippen molar-refractivity contribution in [3.63, 3.8) is 0 Å². The van der Waals surface area contributed by atoms with Crippen LogP contribution < -0.4 is 6.15 Å². The summed E-state index contributed by atoms with van der Waals surface area (Å²) in [4.78, 5) is 0. The molecule has 0 amide bonds. The van der Waals surface area contributed by atoms with Gasteiger partial charge < -0.3 is 6.15 Å². The van der Waals surface area contributed by atoms with Crippen molar-refractivity contribution < 1.29 is 8.42 Å². The van der Waals surface area contributed by atoms with E-state index >= 15 is 0 Å². The molecule has 0 aliphatic rings. The standard InChI is InChI=1S/C6H14O2S.H3N/c1-3-5-9(7,8)6-4-2;/h3-6H2,1-2H3;1H3. The summed E-state index contributed by atoms with van der Waals surface area (Å²) in [6.07, 6.45) is 1.48. The van der Waals surface area contributed by atoms with Crippen LogP contribution in [0.5, 0.6) is 0 Å². The summed E-state index contributed by atoms with van der Waals surface area (Å²) in [6.45, 7) is 3.76. The molecule has 0 saturated carbocycles. The lowest BCUT2D eigenvalue weighted by molar-refractivity contribution is 0.593. The lowest BCUT2D eigenvalue weighted by Crippen LogP contribution is -2.08. The Morgan fingerprint density at radius 1 is 1.00 bits per heavy atom. The molecule has 10 heavy (non-hydrogen) atoms. The maximum atomic E-state index is 10.8. The fourth-order valence-corrected chi connectivity index (χ4v) is 2.17. The van der Waals surface area contributed by atoms with Crippen molar-refractivity contribution in [3.8, 4) is 0 Å². The molecule has 3 nitrogen and oxygen atoms in total. The Bertz CT molecular complexity index is 139. The summed E-state index contributed by atoms with van der Waals surface area (Å²) < 4.78 is 21.7. The molecule has 0 heterocycles. The smallest absolute Gasteiger partial charge is 0.150 e. The van der Waals surface area contributed by atoms with Crippen molar-refractivity contribution in [2.45, 2.75) is 26.7 Å². The summed E-state index contributed by atoms with van der Waals surface area (Å²) in [5, 5.41) is 0. The van der Waals surface area contributed by atoms with Crippen LogP contribution in [0, 0.1) is 0 Å². The maximum absolute atomic E-state index is 10.8. The summed E-state index contributed by atoms with van der Waals surface area (Å²) in [5.41, 5.74) is 0. The van der Waals surface area contributed by atoms with E-state index in [9.17, 15) is 8.42 Å². The molecule has 3 N–H and O–H groups in total. The van der Waals surface area contributed by atoms with Crippen LogP contribution in [0.4, 0.5) is 0 Å². The number of sulfone groups is 1. The van der Waals surface area contributed by atoms with E-state index in [0.29, 0.717) is 11.5 Å². The monoisotopic (exact) mass is 167 g/mol. The van der Waals surface area contributed by atoms with E-state index in [0.717, 1.165) is 12.8 Å². The molecule has 0 spiro atoms. The van der Waals surface area contributed by atoms with E-state index in [1.54, 1.807) is 0 Å². The first kappa shape index (κ1) is 12.6. The predicted octanol–water partition coefficient (Wildman–Crippen LogP) is 1.38. The first-order valence-corrected chi connectivity index (χ1v) is 5.15. The maximum Gasteiger partial charge on any atom is 0.150 e. The Kier molecular flexibility index (Phi) is 7.14. The van der Waals surface area contributed by atoms with Gasteiger partial charge in [0.1, 0.15) is 9.84 Å².